The molecule has 0 atom stereocenters. The summed E-state index contributed by atoms with van der Waals surface area (Å²) in [7, 11) is 0. The molecule has 0 N–H and O–H groups in total. The third-order valence-electron chi connectivity index (χ3n) is 1.74. The van der Waals surface area contributed by atoms with Crippen LogP contribution in [0.5, 0.6) is 0 Å². The van der Waals surface area contributed by atoms with E-state index >= 15 is 0 Å². The Bertz CT molecular complexity index is 513. The van der Waals surface area contributed by atoms with E-state index in [9.17, 15) is 10.1 Å². The fraction of sp³-hybridized carbons (Fsp3) is 0. The minimum Gasteiger partial charge on any atom is -0.258 e. The second-order valence-electron chi connectivity index (χ2n) is 2.57. The van der Waals surface area contributed by atoms with Gasteiger partial charge in [-0.3, -0.25) is 15.1 Å². The Kier molecular flexibility index (Phi) is 1.42. The molecule has 0 amide bonds. The summed E-state index contributed by atoms with van der Waals surface area (Å²) in [6.45, 7) is 0. The predicted molar refractivity (Wildman–Crippen MR) is 48.4 cm³/mol. The zero-order valence-electron chi connectivity index (χ0n) is 7.60. The molecular formula is C9H6N2O2. The highest BCUT2D eigenvalue weighted by molar-refractivity contribution is 5.80. The van der Waals surface area contributed by atoms with E-state index in [1.807, 2.05) is 0 Å². The van der Waals surface area contributed by atoms with Crippen molar-refractivity contribution in [1.29, 1.82) is 0 Å². The standard InChI is InChI=1S/C9H6N2O2/c12-11(13)8-3-4-9-7(6-8)2-1-5-10-9/h1-6H/i1D. The zero-order valence-corrected chi connectivity index (χ0v) is 6.60. The number of nitro groups is 1. The van der Waals surface area contributed by atoms with Crippen LogP contribution in [0.2, 0.25) is 0 Å². The fourth-order valence-electron chi connectivity index (χ4n) is 1.12. The molecule has 0 fully saturated rings. The predicted octanol–water partition coefficient (Wildman–Crippen LogP) is 2.14. The topological polar surface area (TPSA) is 56.0 Å². The largest absolute Gasteiger partial charge is 0.270 e. The molecule has 0 unspecified atom stereocenters. The Balaban J connectivity index is 2.69. The second-order valence-corrected chi connectivity index (χ2v) is 2.57. The van der Waals surface area contributed by atoms with E-state index in [1.165, 1.54) is 18.3 Å². The Hall–Kier alpha value is -1.97. The van der Waals surface area contributed by atoms with E-state index in [2.05, 4.69) is 4.98 Å². The molecule has 4 nitrogen and oxygen atoms in total. The first-order chi connectivity index (χ1) is 6.66. The van der Waals surface area contributed by atoms with Crippen molar-refractivity contribution in [3.8, 4) is 0 Å². The molecule has 64 valence electrons. The van der Waals surface area contributed by atoms with Gasteiger partial charge in [-0.05, 0) is 12.1 Å². The molecule has 0 aliphatic heterocycles. The molecule has 0 bridgehead atoms. The van der Waals surface area contributed by atoms with Crippen molar-refractivity contribution in [2.75, 3.05) is 0 Å². The minimum atomic E-state index is -0.462. The minimum absolute atomic E-state index is 0.0184. The number of non-ortho nitro benzene ring substituents is 1. The third kappa shape index (κ3) is 1.33. The van der Waals surface area contributed by atoms with Gasteiger partial charge >= 0.3 is 0 Å². The number of hydrogen-bond acceptors (Lipinski definition) is 3. The second kappa shape index (κ2) is 2.82. The molecule has 0 saturated heterocycles. The smallest absolute Gasteiger partial charge is 0.258 e. The average molecular weight is 175 g/mol. The summed E-state index contributed by atoms with van der Waals surface area (Å²) in [6, 6.07) is 6.19. The molecule has 2 rings (SSSR count). The van der Waals surface area contributed by atoms with Crippen LogP contribution in [0, 0.1) is 10.1 Å². The maximum absolute atomic E-state index is 10.5. The van der Waals surface area contributed by atoms with Crippen molar-refractivity contribution in [3.05, 3.63) is 46.6 Å². The maximum Gasteiger partial charge on any atom is 0.270 e. The SMILES string of the molecule is [2H]c1cnc2ccc([N+](=O)[O-])cc2c1. The Morgan fingerprint density at radius 3 is 3.08 bits per heavy atom. The molecule has 1 aromatic heterocycles. The van der Waals surface area contributed by atoms with Gasteiger partial charge in [-0.2, -0.15) is 0 Å². The van der Waals surface area contributed by atoms with Gasteiger partial charge in [0.15, 0.2) is 0 Å². The van der Waals surface area contributed by atoms with E-state index in [1.54, 1.807) is 12.1 Å². The molecule has 0 saturated carbocycles. The monoisotopic (exact) mass is 175 g/mol. The van der Waals surface area contributed by atoms with Crippen LogP contribution >= 0.6 is 0 Å². The van der Waals surface area contributed by atoms with Crippen LogP contribution in [0.25, 0.3) is 10.9 Å². The van der Waals surface area contributed by atoms with Gasteiger partial charge in [-0.15, -0.1) is 0 Å². The molecule has 1 aromatic carbocycles. The number of hydrogen-bond donors (Lipinski definition) is 0. The van der Waals surface area contributed by atoms with Gasteiger partial charge in [0.1, 0.15) is 0 Å². The lowest BCUT2D eigenvalue weighted by Gasteiger charge is -1.95. The van der Waals surface area contributed by atoms with E-state index in [4.69, 9.17) is 1.37 Å². The first-order valence-electron chi connectivity index (χ1n) is 4.17. The third-order valence-corrected chi connectivity index (χ3v) is 1.74. The van der Waals surface area contributed by atoms with Crippen LogP contribution in [-0.4, -0.2) is 9.91 Å². The van der Waals surface area contributed by atoms with Gasteiger partial charge in [0.2, 0.25) is 0 Å². The number of benzene rings is 1. The highest BCUT2D eigenvalue weighted by atomic mass is 16.6. The normalized spacial score (nSPS) is 11.2. The number of pyridine rings is 1. The number of nitrogens with zero attached hydrogens (tertiary/aromatic N) is 2. The number of aromatic nitrogens is 1. The van der Waals surface area contributed by atoms with Crippen molar-refractivity contribution < 1.29 is 6.29 Å². The Morgan fingerprint density at radius 2 is 2.31 bits per heavy atom. The summed E-state index contributed by atoms with van der Waals surface area (Å²) in [5.74, 6) is 0. The van der Waals surface area contributed by atoms with Gasteiger partial charge < -0.3 is 0 Å². The molecule has 1 heterocycles. The van der Waals surface area contributed by atoms with Crippen LogP contribution in [0.1, 0.15) is 1.37 Å². The lowest BCUT2D eigenvalue weighted by Crippen LogP contribution is -1.87. The van der Waals surface area contributed by atoms with Crippen LogP contribution in [0.15, 0.2) is 36.5 Å². The summed E-state index contributed by atoms with van der Waals surface area (Å²) in [4.78, 5) is 14.0. The van der Waals surface area contributed by atoms with Crippen molar-refractivity contribution >= 4 is 16.6 Å². The summed E-state index contributed by atoms with van der Waals surface area (Å²) in [5, 5.41) is 11.1. The molecular weight excluding hydrogens is 168 g/mol. The first-order valence-corrected chi connectivity index (χ1v) is 3.67. The highest BCUT2D eigenvalue weighted by Crippen LogP contribution is 2.18. The number of rotatable bonds is 1. The van der Waals surface area contributed by atoms with Crippen LogP contribution in [-0.2, 0) is 0 Å². The molecule has 2 aromatic rings. The lowest BCUT2D eigenvalue weighted by atomic mass is 10.2. The molecule has 0 aliphatic carbocycles. The van der Waals surface area contributed by atoms with Crippen LogP contribution < -0.4 is 0 Å². The highest BCUT2D eigenvalue weighted by Gasteiger charge is 2.04. The van der Waals surface area contributed by atoms with E-state index in [0.717, 1.165) is 0 Å². The molecule has 0 radical (unpaired) electrons. The lowest BCUT2D eigenvalue weighted by molar-refractivity contribution is -0.384. The Morgan fingerprint density at radius 1 is 1.46 bits per heavy atom. The Labute approximate surface area is 75.4 Å². The van der Waals surface area contributed by atoms with Gasteiger partial charge in [-0.1, -0.05) is 6.07 Å². The van der Waals surface area contributed by atoms with Gasteiger partial charge in [0, 0.05) is 23.7 Å². The van der Waals surface area contributed by atoms with Gasteiger partial charge in [0.05, 0.1) is 11.8 Å². The van der Waals surface area contributed by atoms with Crippen molar-refractivity contribution in [2.24, 2.45) is 0 Å². The van der Waals surface area contributed by atoms with Crippen molar-refractivity contribution in [2.45, 2.75) is 0 Å². The van der Waals surface area contributed by atoms with E-state index in [-0.39, 0.29) is 11.7 Å². The van der Waals surface area contributed by atoms with Crippen molar-refractivity contribution in [3.63, 3.8) is 0 Å². The van der Waals surface area contributed by atoms with Gasteiger partial charge in [-0.25, -0.2) is 0 Å². The van der Waals surface area contributed by atoms with E-state index in [0.29, 0.717) is 10.9 Å². The first kappa shape index (κ1) is 6.54. The maximum atomic E-state index is 10.5. The number of nitro benzene ring substituents is 1. The number of fused-ring (bicyclic) bond motifs is 1. The molecule has 4 heteroatoms. The summed E-state index contributed by atoms with van der Waals surface area (Å²) in [5.41, 5.74) is 0.677. The molecule has 0 spiro atoms. The summed E-state index contributed by atoms with van der Waals surface area (Å²) in [6.07, 6.45) is 1.41. The van der Waals surface area contributed by atoms with Crippen LogP contribution in [0.3, 0.4) is 0 Å². The van der Waals surface area contributed by atoms with Crippen LogP contribution in [0.4, 0.5) is 5.69 Å². The average Bonchev–Trinajstić information content (AvgIpc) is 2.16. The summed E-state index contributed by atoms with van der Waals surface area (Å²) >= 11 is 0. The summed E-state index contributed by atoms with van der Waals surface area (Å²) < 4.78 is 7.32. The van der Waals surface area contributed by atoms with Crippen molar-refractivity contribution in [1.82, 2.24) is 4.98 Å². The van der Waals surface area contributed by atoms with E-state index < -0.39 is 4.92 Å². The quantitative estimate of drug-likeness (QED) is 0.492. The fourth-order valence-corrected chi connectivity index (χ4v) is 1.12. The van der Waals surface area contributed by atoms with Gasteiger partial charge in [0.25, 0.3) is 5.69 Å². The molecule has 0 aliphatic rings. The zero-order chi connectivity index (χ0) is 10.1. The molecule has 13 heavy (non-hydrogen) atoms.